The van der Waals surface area contributed by atoms with Gasteiger partial charge in [-0.1, -0.05) is 0 Å². The number of aliphatic hydroxyl groups excluding tert-OH is 1. The lowest BCUT2D eigenvalue weighted by molar-refractivity contribution is -0.139. The molecule has 8 nitrogen and oxygen atoms in total. The molecule has 2 aliphatic rings. The number of nitrogens with zero attached hydrogens (tertiary/aromatic N) is 5. The number of hydrogen-bond acceptors (Lipinski definition) is 5. The Hall–Kier alpha value is -2.74. The van der Waals surface area contributed by atoms with Crippen molar-refractivity contribution in [3.8, 4) is 5.69 Å². The van der Waals surface area contributed by atoms with Gasteiger partial charge in [-0.05, 0) is 43.5 Å². The zero-order valence-electron chi connectivity index (χ0n) is 15.8. The molecule has 0 bridgehead atoms. The molecule has 2 fully saturated rings. The van der Waals surface area contributed by atoms with Gasteiger partial charge in [-0.3, -0.25) is 14.2 Å². The van der Waals surface area contributed by atoms with Crippen molar-refractivity contribution in [2.75, 3.05) is 32.8 Å². The Morgan fingerprint density at radius 2 is 1.86 bits per heavy atom. The molecular formula is C20H25N5O3. The zero-order chi connectivity index (χ0) is 19.6. The largest absolute Gasteiger partial charge is 0.395 e. The standard InChI is InChI=1S/C20H25N5O3/c26-11-10-23-12-20(8-6-18(23)27)7-1-9-24(13-20)19(28)16-2-4-17(5-3-16)25-14-21-22-15-25/h2-5,14-15,26H,1,6-13H2/t20-/m0/s1. The van der Waals surface area contributed by atoms with Crippen molar-refractivity contribution in [1.29, 1.82) is 0 Å². The minimum Gasteiger partial charge on any atom is -0.395 e. The van der Waals surface area contributed by atoms with Crippen molar-refractivity contribution < 1.29 is 14.7 Å². The van der Waals surface area contributed by atoms with E-state index in [0.717, 1.165) is 31.5 Å². The highest BCUT2D eigenvalue weighted by atomic mass is 16.3. The van der Waals surface area contributed by atoms with Crippen LogP contribution >= 0.6 is 0 Å². The first kappa shape index (κ1) is 18.6. The van der Waals surface area contributed by atoms with Gasteiger partial charge in [-0.15, -0.1) is 10.2 Å². The van der Waals surface area contributed by atoms with E-state index in [1.165, 1.54) is 0 Å². The van der Waals surface area contributed by atoms with Gasteiger partial charge in [0, 0.05) is 49.3 Å². The molecular weight excluding hydrogens is 358 g/mol. The van der Waals surface area contributed by atoms with E-state index >= 15 is 0 Å². The monoisotopic (exact) mass is 383 g/mol. The number of aromatic nitrogens is 3. The number of carbonyl (C=O) groups excluding carboxylic acids is 2. The van der Waals surface area contributed by atoms with E-state index in [9.17, 15) is 14.7 Å². The summed E-state index contributed by atoms with van der Waals surface area (Å²) in [6.07, 6.45) is 6.49. The molecule has 1 spiro atoms. The summed E-state index contributed by atoms with van der Waals surface area (Å²) >= 11 is 0. The Kier molecular flexibility index (Phi) is 5.13. The van der Waals surface area contributed by atoms with Gasteiger partial charge < -0.3 is 14.9 Å². The minimum atomic E-state index is -0.0561. The summed E-state index contributed by atoms with van der Waals surface area (Å²) in [5.41, 5.74) is 1.51. The quantitative estimate of drug-likeness (QED) is 0.854. The molecule has 0 aliphatic carbocycles. The van der Waals surface area contributed by atoms with Crippen molar-refractivity contribution in [3.05, 3.63) is 42.5 Å². The number of rotatable bonds is 4. The lowest BCUT2D eigenvalue weighted by atomic mass is 9.73. The molecule has 2 aromatic rings. The van der Waals surface area contributed by atoms with Gasteiger partial charge in [0.1, 0.15) is 12.7 Å². The molecule has 3 heterocycles. The van der Waals surface area contributed by atoms with Crippen molar-refractivity contribution >= 4 is 11.8 Å². The molecule has 0 radical (unpaired) electrons. The molecule has 2 saturated heterocycles. The van der Waals surface area contributed by atoms with Crippen LogP contribution in [-0.2, 0) is 4.79 Å². The van der Waals surface area contributed by atoms with E-state index in [-0.39, 0.29) is 23.8 Å². The Morgan fingerprint density at radius 3 is 2.57 bits per heavy atom. The van der Waals surface area contributed by atoms with Gasteiger partial charge >= 0.3 is 0 Å². The lowest BCUT2D eigenvalue weighted by Crippen LogP contribution is -2.55. The van der Waals surface area contributed by atoms with Crippen LogP contribution in [0, 0.1) is 5.41 Å². The minimum absolute atomic E-state index is 0.0246. The second kappa shape index (κ2) is 7.71. The lowest BCUT2D eigenvalue weighted by Gasteiger charge is -2.48. The maximum Gasteiger partial charge on any atom is 0.253 e. The number of piperidine rings is 2. The van der Waals surface area contributed by atoms with E-state index in [1.54, 1.807) is 22.1 Å². The Bertz CT molecular complexity index is 836. The summed E-state index contributed by atoms with van der Waals surface area (Å²) in [4.78, 5) is 28.8. The van der Waals surface area contributed by atoms with Crippen LogP contribution in [-0.4, -0.2) is 74.3 Å². The second-order valence-corrected chi connectivity index (χ2v) is 7.79. The molecule has 28 heavy (non-hydrogen) atoms. The summed E-state index contributed by atoms with van der Waals surface area (Å²) in [5.74, 6) is 0.132. The number of likely N-dealkylation sites (tertiary alicyclic amines) is 2. The van der Waals surface area contributed by atoms with Crippen LogP contribution in [0.25, 0.3) is 5.69 Å². The average Bonchev–Trinajstić information content (AvgIpc) is 3.26. The Labute approximate surface area is 163 Å². The third kappa shape index (κ3) is 3.64. The highest BCUT2D eigenvalue weighted by Crippen LogP contribution is 2.39. The summed E-state index contributed by atoms with van der Waals surface area (Å²) in [5, 5.41) is 16.8. The molecule has 1 aromatic carbocycles. The van der Waals surface area contributed by atoms with E-state index in [4.69, 9.17) is 0 Å². The number of aliphatic hydroxyl groups is 1. The van der Waals surface area contributed by atoms with Crippen molar-refractivity contribution in [3.63, 3.8) is 0 Å². The topological polar surface area (TPSA) is 91.6 Å². The first-order chi connectivity index (χ1) is 13.6. The predicted molar refractivity (Wildman–Crippen MR) is 102 cm³/mol. The number of amides is 2. The number of hydrogen-bond donors (Lipinski definition) is 1. The maximum absolute atomic E-state index is 13.1. The summed E-state index contributed by atoms with van der Waals surface area (Å²) < 4.78 is 1.79. The summed E-state index contributed by atoms with van der Waals surface area (Å²) in [7, 11) is 0. The fourth-order valence-electron chi connectivity index (χ4n) is 4.43. The van der Waals surface area contributed by atoms with Crippen LogP contribution in [0.3, 0.4) is 0 Å². The van der Waals surface area contributed by atoms with Crippen LogP contribution < -0.4 is 0 Å². The predicted octanol–water partition coefficient (Wildman–Crippen LogP) is 1.10. The molecule has 148 valence electrons. The van der Waals surface area contributed by atoms with Gasteiger partial charge in [-0.2, -0.15) is 0 Å². The van der Waals surface area contributed by atoms with Gasteiger partial charge in [0.25, 0.3) is 5.91 Å². The number of β-amino-alcohol motifs (C(OH)–C–C–N with tert-alkyl or cyclic N) is 1. The van der Waals surface area contributed by atoms with Crippen LogP contribution in [0.2, 0.25) is 0 Å². The van der Waals surface area contributed by atoms with E-state index in [2.05, 4.69) is 10.2 Å². The SMILES string of the molecule is O=C1CC[C@@]2(CCCN(C(=O)c3ccc(-n4cnnc4)cc3)C2)CN1CCO. The highest BCUT2D eigenvalue weighted by Gasteiger charge is 2.42. The fourth-order valence-corrected chi connectivity index (χ4v) is 4.43. The van der Waals surface area contributed by atoms with Gasteiger partial charge in [-0.25, -0.2) is 0 Å². The van der Waals surface area contributed by atoms with Crippen molar-refractivity contribution in [2.45, 2.75) is 25.7 Å². The van der Waals surface area contributed by atoms with Crippen molar-refractivity contribution in [2.24, 2.45) is 5.41 Å². The normalized spacial score (nSPS) is 22.7. The zero-order valence-corrected chi connectivity index (χ0v) is 15.8. The molecule has 0 unspecified atom stereocenters. The van der Waals surface area contributed by atoms with Gasteiger partial charge in [0.15, 0.2) is 0 Å². The Morgan fingerprint density at radius 1 is 1.11 bits per heavy atom. The summed E-state index contributed by atoms with van der Waals surface area (Å²) in [6.45, 7) is 2.38. The molecule has 2 aliphatic heterocycles. The first-order valence-corrected chi connectivity index (χ1v) is 9.73. The third-order valence-corrected chi connectivity index (χ3v) is 5.90. The molecule has 1 N–H and O–H groups in total. The smallest absolute Gasteiger partial charge is 0.253 e. The van der Waals surface area contributed by atoms with E-state index < -0.39 is 0 Å². The van der Waals surface area contributed by atoms with Crippen LogP contribution in [0.5, 0.6) is 0 Å². The molecule has 4 rings (SSSR count). The molecule has 8 heteroatoms. The Balaban J connectivity index is 1.47. The average molecular weight is 383 g/mol. The van der Waals surface area contributed by atoms with Gasteiger partial charge in [0.05, 0.1) is 6.61 Å². The molecule has 1 aromatic heterocycles. The number of carbonyl (C=O) groups is 2. The first-order valence-electron chi connectivity index (χ1n) is 9.73. The van der Waals surface area contributed by atoms with Crippen LogP contribution in [0.15, 0.2) is 36.9 Å². The molecule has 2 amide bonds. The fraction of sp³-hybridized carbons (Fsp3) is 0.500. The van der Waals surface area contributed by atoms with Crippen LogP contribution in [0.4, 0.5) is 0 Å². The van der Waals surface area contributed by atoms with Crippen molar-refractivity contribution in [1.82, 2.24) is 24.6 Å². The summed E-state index contributed by atoms with van der Waals surface area (Å²) in [6, 6.07) is 7.44. The molecule has 1 atom stereocenters. The molecule has 0 saturated carbocycles. The maximum atomic E-state index is 13.1. The number of benzene rings is 1. The van der Waals surface area contributed by atoms with E-state index in [1.807, 2.05) is 29.2 Å². The second-order valence-electron chi connectivity index (χ2n) is 7.79. The van der Waals surface area contributed by atoms with Crippen LogP contribution in [0.1, 0.15) is 36.0 Å². The highest BCUT2D eigenvalue weighted by molar-refractivity contribution is 5.94. The third-order valence-electron chi connectivity index (χ3n) is 5.90. The van der Waals surface area contributed by atoms with E-state index in [0.29, 0.717) is 31.6 Å². The van der Waals surface area contributed by atoms with Gasteiger partial charge in [0.2, 0.25) is 5.91 Å².